The number of nitrogen functional groups attached to an aromatic ring is 1. The number of halogens is 2. The number of nitrogens with zero attached hydrogens (tertiary/aromatic N) is 3. The maximum atomic E-state index is 14.6. The molecule has 0 fully saturated rings. The van der Waals surface area contributed by atoms with Crippen LogP contribution in [0.15, 0.2) is 49.1 Å². The average Bonchev–Trinajstić information content (AvgIpc) is 3.20. The molecule has 1 aromatic heterocycles. The van der Waals surface area contributed by atoms with E-state index in [1.807, 2.05) is 0 Å². The van der Waals surface area contributed by atoms with Crippen LogP contribution >= 0.6 is 0 Å². The van der Waals surface area contributed by atoms with Crippen LogP contribution in [0.3, 0.4) is 0 Å². The van der Waals surface area contributed by atoms with Crippen LogP contribution < -0.4 is 15.8 Å². The van der Waals surface area contributed by atoms with Gasteiger partial charge >= 0.3 is 0 Å². The normalized spacial score (nSPS) is 14.0. The number of ether oxygens (including phenoxy) is 1. The molecular weight excluding hydrogens is 396 g/mol. The lowest BCUT2D eigenvalue weighted by Crippen LogP contribution is -2.52. The molecule has 0 bridgehead atoms. The van der Waals surface area contributed by atoms with Gasteiger partial charge in [-0.2, -0.15) is 5.10 Å². The topological polar surface area (TPSA) is 115 Å². The lowest BCUT2D eigenvalue weighted by Gasteiger charge is -2.35. The van der Waals surface area contributed by atoms with Crippen molar-refractivity contribution in [2.45, 2.75) is 25.1 Å². The van der Waals surface area contributed by atoms with Gasteiger partial charge in [0.25, 0.3) is 5.91 Å². The molecule has 2 aromatic carbocycles. The minimum Gasteiger partial charge on any atom is -0.495 e. The van der Waals surface area contributed by atoms with Gasteiger partial charge in [0.15, 0.2) is 0 Å². The number of aromatic nitrogens is 3. The van der Waals surface area contributed by atoms with Crippen LogP contribution in [0.1, 0.15) is 22.8 Å². The summed E-state index contributed by atoms with van der Waals surface area (Å²) in [7, 11) is 1.42. The molecule has 3 rings (SSSR count). The Morgan fingerprint density at radius 3 is 2.77 bits per heavy atom. The van der Waals surface area contributed by atoms with Crippen LogP contribution in [0, 0.1) is 11.6 Å². The first kappa shape index (κ1) is 21.2. The molecule has 158 valence electrons. The Labute approximate surface area is 171 Å². The second kappa shape index (κ2) is 8.46. The fourth-order valence-electron chi connectivity index (χ4n) is 3.17. The summed E-state index contributed by atoms with van der Waals surface area (Å²) in [4.78, 5) is 16.6. The molecule has 0 saturated carbocycles. The number of anilines is 1. The van der Waals surface area contributed by atoms with Gasteiger partial charge in [0.2, 0.25) is 0 Å². The summed E-state index contributed by atoms with van der Waals surface area (Å²) >= 11 is 0. The summed E-state index contributed by atoms with van der Waals surface area (Å²) < 4.78 is 34.4. The number of carbonyl (C=O) groups excluding carboxylic acids is 1. The van der Waals surface area contributed by atoms with E-state index in [0.29, 0.717) is 11.8 Å². The minimum absolute atomic E-state index is 0.123. The molecule has 0 aliphatic rings. The summed E-state index contributed by atoms with van der Waals surface area (Å²) in [5.41, 5.74) is 4.04. The van der Waals surface area contributed by atoms with E-state index in [0.717, 1.165) is 12.1 Å². The molecule has 0 unspecified atom stereocenters. The first-order valence-electron chi connectivity index (χ1n) is 9.00. The number of nitrogens with one attached hydrogen (secondary N) is 1. The molecule has 0 spiro atoms. The Balaban J connectivity index is 1.96. The van der Waals surface area contributed by atoms with Crippen molar-refractivity contribution >= 4 is 11.6 Å². The van der Waals surface area contributed by atoms with Crippen molar-refractivity contribution < 1.29 is 23.4 Å². The van der Waals surface area contributed by atoms with E-state index >= 15 is 0 Å². The molecule has 1 amide bonds. The van der Waals surface area contributed by atoms with Crippen LogP contribution in [-0.2, 0) is 12.1 Å². The van der Waals surface area contributed by atoms with Crippen molar-refractivity contribution in [1.29, 1.82) is 0 Å². The van der Waals surface area contributed by atoms with E-state index in [-0.39, 0.29) is 23.4 Å². The van der Waals surface area contributed by atoms with Crippen molar-refractivity contribution in [3.63, 3.8) is 0 Å². The molecule has 3 aromatic rings. The van der Waals surface area contributed by atoms with Crippen molar-refractivity contribution in [3.05, 3.63) is 71.8 Å². The average molecular weight is 417 g/mol. The van der Waals surface area contributed by atoms with Crippen molar-refractivity contribution in [2.75, 3.05) is 12.8 Å². The van der Waals surface area contributed by atoms with Crippen molar-refractivity contribution in [2.24, 2.45) is 0 Å². The van der Waals surface area contributed by atoms with Gasteiger partial charge < -0.3 is 20.9 Å². The zero-order chi connectivity index (χ0) is 21.9. The summed E-state index contributed by atoms with van der Waals surface area (Å²) in [5.74, 6) is -2.03. The molecule has 0 saturated heterocycles. The predicted octanol–water partition coefficient (Wildman–Crippen LogP) is 1.85. The highest BCUT2D eigenvalue weighted by Gasteiger charge is 2.40. The molecule has 4 N–H and O–H groups in total. The zero-order valence-corrected chi connectivity index (χ0v) is 16.3. The first-order valence-corrected chi connectivity index (χ1v) is 9.00. The number of methoxy groups -OCH3 is 1. The number of nitrogens with two attached hydrogens (primary N) is 1. The van der Waals surface area contributed by atoms with E-state index in [2.05, 4.69) is 15.4 Å². The van der Waals surface area contributed by atoms with Crippen LogP contribution in [0.25, 0.3) is 0 Å². The number of amides is 1. The minimum atomic E-state index is -1.98. The SMILES string of the molecule is COc1cccc(C(=O)N[C@H](C)[C@](O)(Cn2cncn2)c2ccc(F)cc2F)c1N. The molecule has 8 nitrogen and oxygen atoms in total. The fourth-order valence-corrected chi connectivity index (χ4v) is 3.17. The summed E-state index contributed by atoms with van der Waals surface area (Å²) in [6.07, 6.45) is 2.59. The van der Waals surface area contributed by atoms with E-state index in [1.165, 1.54) is 37.4 Å². The van der Waals surface area contributed by atoms with Gasteiger partial charge in [0.1, 0.15) is 35.6 Å². The van der Waals surface area contributed by atoms with E-state index < -0.39 is 29.2 Å². The van der Waals surface area contributed by atoms with Crippen molar-refractivity contribution in [3.8, 4) is 5.75 Å². The summed E-state index contributed by atoms with van der Waals surface area (Å²) in [6.45, 7) is 1.25. The quantitative estimate of drug-likeness (QED) is 0.506. The number of hydrogen-bond donors (Lipinski definition) is 3. The van der Waals surface area contributed by atoms with E-state index in [4.69, 9.17) is 10.5 Å². The van der Waals surface area contributed by atoms with Crippen LogP contribution in [0.2, 0.25) is 0 Å². The lowest BCUT2D eigenvalue weighted by atomic mass is 9.86. The van der Waals surface area contributed by atoms with Crippen LogP contribution in [0.4, 0.5) is 14.5 Å². The van der Waals surface area contributed by atoms with Gasteiger partial charge in [0.05, 0.1) is 30.9 Å². The first-order chi connectivity index (χ1) is 14.3. The third kappa shape index (κ3) is 4.08. The standard InChI is InChI=1S/C20H21F2N5O3/c1-12(26-19(28)14-4-3-5-17(30-2)18(14)23)20(29,9-27-11-24-10-25-27)15-7-6-13(21)8-16(15)22/h3-8,10-12,29H,9,23H2,1-2H3,(H,26,28)/t12-,20-/m1/s1. The molecule has 10 heteroatoms. The zero-order valence-electron chi connectivity index (χ0n) is 16.3. The Morgan fingerprint density at radius 1 is 1.37 bits per heavy atom. The van der Waals surface area contributed by atoms with Crippen molar-refractivity contribution in [1.82, 2.24) is 20.1 Å². The maximum absolute atomic E-state index is 14.6. The Kier molecular flexibility index (Phi) is 5.97. The fraction of sp³-hybridized carbons (Fsp3) is 0.250. The third-order valence-electron chi connectivity index (χ3n) is 4.86. The molecule has 0 radical (unpaired) electrons. The number of rotatable bonds is 7. The Morgan fingerprint density at radius 2 is 2.13 bits per heavy atom. The largest absolute Gasteiger partial charge is 0.495 e. The van der Waals surface area contributed by atoms with E-state index in [1.54, 1.807) is 12.1 Å². The predicted molar refractivity (Wildman–Crippen MR) is 105 cm³/mol. The Hall–Kier alpha value is -3.53. The number of hydrogen-bond acceptors (Lipinski definition) is 6. The molecule has 2 atom stereocenters. The highest BCUT2D eigenvalue weighted by molar-refractivity contribution is 6.00. The molecule has 0 aliphatic heterocycles. The monoisotopic (exact) mass is 417 g/mol. The summed E-state index contributed by atoms with van der Waals surface area (Å²) in [5, 5.41) is 18.0. The molecular formula is C20H21F2N5O3. The number of aliphatic hydroxyl groups is 1. The number of para-hydroxylation sites is 1. The number of carbonyl (C=O) groups is 1. The van der Waals surface area contributed by atoms with E-state index in [9.17, 15) is 18.7 Å². The van der Waals surface area contributed by atoms with Gasteiger partial charge in [-0.05, 0) is 25.1 Å². The van der Waals surface area contributed by atoms with Gasteiger partial charge in [-0.25, -0.2) is 18.4 Å². The number of benzene rings is 2. The smallest absolute Gasteiger partial charge is 0.253 e. The Bertz CT molecular complexity index is 1040. The second-order valence-corrected chi connectivity index (χ2v) is 6.76. The molecule has 1 heterocycles. The van der Waals surface area contributed by atoms with Gasteiger partial charge in [0, 0.05) is 11.6 Å². The summed E-state index contributed by atoms with van der Waals surface area (Å²) in [6, 6.07) is 6.48. The molecule has 0 aliphatic carbocycles. The maximum Gasteiger partial charge on any atom is 0.253 e. The van der Waals surface area contributed by atoms with Gasteiger partial charge in [-0.15, -0.1) is 0 Å². The van der Waals surface area contributed by atoms with Gasteiger partial charge in [-0.3, -0.25) is 4.79 Å². The highest BCUT2D eigenvalue weighted by atomic mass is 19.1. The highest BCUT2D eigenvalue weighted by Crippen LogP contribution is 2.31. The third-order valence-corrected chi connectivity index (χ3v) is 4.86. The lowest BCUT2D eigenvalue weighted by molar-refractivity contribution is -0.0186. The van der Waals surface area contributed by atoms with Crippen LogP contribution in [0.5, 0.6) is 5.75 Å². The van der Waals surface area contributed by atoms with Crippen LogP contribution in [-0.4, -0.2) is 38.9 Å². The second-order valence-electron chi connectivity index (χ2n) is 6.76. The van der Waals surface area contributed by atoms with Gasteiger partial charge in [-0.1, -0.05) is 12.1 Å². The molecule has 30 heavy (non-hydrogen) atoms.